The Bertz CT molecular complexity index is 822. The van der Waals surface area contributed by atoms with E-state index in [2.05, 4.69) is 34.9 Å². The van der Waals surface area contributed by atoms with Crippen LogP contribution in [0.25, 0.3) is 0 Å². The second-order valence-corrected chi connectivity index (χ2v) is 7.68. The summed E-state index contributed by atoms with van der Waals surface area (Å²) in [4.78, 5) is 16.9. The molecule has 0 aliphatic heterocycles. The minimum atomic E-state index is -0.126. The molecule has 1 amide bonds. The zero-order valence-corrected chi connectivity index (χ0v) is 21.6. The fraction of sp³-hybridized carbons (Fsp3) is 0.522. The Morgan fingerprint density at radius 2 is 1.97 bits per heavy atom. The molecule has 178 valence electrons. The van der Waals surface area contributed by atoms with E-state index in [0.717, 1.165) is 49.6 Å². The zero-order chi connectivity index (χ0) is 22.5. The van der Waals surface area contributed by atoms with E-state index >= 15 is 0 Å². The summed E-state index contributed by atoms with van der Waals surface area (Å²) in [6.07, 6.45) is 6.17. The number of aliphatic imine (C=N–C) groups is 1. The van der Waals surface area contributed by atoms with Gasteiger partial charge in [0.1, 0.15) is 6.54 Å². The van der Waals surface area contributed by atoms with Crippen molar-refractivity contribution in [3.8, 4) is 0 Å². The lowest BCUT2D eigenvalue weighted by Gasteiger charge is -2.32. The maximum Gasteiger partial charge on any atom is 0.246 e. The Labute approximate surface area is 208 Å². The second-order valence-electron chi connectivity index (χ2n) is 7.68. The third-order valence-corrected chi connectivity index (χ3v) is 5.61. The van der Waals surface area contributed by atoms with Crippen LogP contribution in [-0.2, 0) is 17.9 Å². The lowest BCUT2D eigenvalue weighted by Crippen LogP contribution is -2.43. The van der Waals surface area contributed by atoms with E-state index in [9.17, 15) is 9.90 Å². The SMILES string of the molecule is CCNC(=NCc1cccc(NC(=O)Cn2cccn2)c1)NCC(CC)(CC)CCO.I. The number of anilines is 1. The first-order chi connectivity index (χ1) is 15.0. The molecular formula is C23H37IN6O2. The normalized spacial score (nSPS) is 11.6. The maximum absolute atomic E-state index is 12.2. The molecular weight excluding hydrogens is 519 g/mol. The number of aliphatic hydroxyl groups excluding tert-OH is 1. The molecule has 4 N–H and O–H groups in total. The van der Waals surface area contributed by atoms with Crippen molar-refractivity contribution in [3.63, 3.8) is 0 Å². The monoisotopic (exact) mass is 556 g/mol. The molecule has 0 aliphatic rings. The first-order valence-corrected chi connectivity index (χ1v) is 11.0. The molecule has 1 heterocycles. The van der Waals surface area contributed by atoms with E-state index in [1.165, 1.54) is 0 Å². The average molecular weight is 556 g/mol. The molecule has 0 spiro atoms. The number of rotatable bonds is 12. The number of carbonyl (C=O) groups excluding carboxylic acids is 1. The largest absolute Gasteiger partial charge is 0.396 e. The molecule has 2 rings (SSSR count). The lowest BCUT2D eigenvalue weighted by atomic mass is 9.79. The fourth-order valence-electron chi connectivity index (χ4n) is 3.45. The number of hydrogen-bond acceptors (Lipinski definition) is 4. The van der Waals surface area contributed by atoms with Crippen LogP contribution in [0, 0.1) is 5.41 Å². The van der Waals surface area contributed by atoms with E-state index in [0.29, 0.717) is 6.54 Å². The molecule has 0 radical (unpaired) electrons. The Morgan fingerprint density at radius 1 is 1.19 bits per heavy atom. The third-order valence-electron chi connectivity index (χ3n) is 5.61. The molecule has 2 aromatic rings. The number of benzene rings is 1. The van der Waals surface area contributed by atoms with Gasteiger partial charge in [0.25, 0.3) is 0 Å². The van der Waals surface area contributed by atoms with Gasteiger partial charge in [0.05, 0.1) is 6.54 Å². The first-order valence-electron chi connectivity index (χ1n) is 11.0. The molecule has 8 nitrogen and oxygen atoms in total. The summed E-state index contributed by atoms with van der Waals surface area (Å²) in [5.74, 6) is 0.624. The van der Waals surface area contributed by atoms with Gasteiger partial charge in [-0.25, -0.2) is 4.99 Å². The molecule has 0 unspecified atom stereocenters. The summed E-state index contributed by atoms with van der Waals surface area (Å²) in [6.45, 7) is 8.74. The van der Waals surface area contributed by atoms with Gasteiger partial charge in [-0.3, -0.25) is 9.48 Å². The third kappa shape index (κ3) is 9.15. The quantitative estimate of drug-likeness (QED) is 0.182. The topological polar surface area (TPSA) is 104 Å². The Kier molecular flexibility index (Phi) is 12.9. The summed E-state index contributed by atoms with van der Waals surface area (Å²) in [7, 11) is 0. The van der Waals surface area contributed by atoms with Gasteiger partial charge in [-0.05, 0) is 55.4 Å². The number of hydrogen-bond donors (Lipinski definition) is 4. The number of aliphatic hydroxyl groups is 1. The van der Waals surface area contributed by atoms with Crippen LogP contribution in [0.3, 0.4) is 0 Å². The van der Waals surface area contributed by atoms with Gasteiger partial charge < -0.3 is 21.1 Å². The van der Waals surface area contributed by atoms with Crippen molar-refractivity contribution in [1.82, 2.24) is 20.4 Å². The van der Waals surface area contributed by atoms with Gasteiger partial charge in [-0.2, -0.15) is 5.10 Å². The van der Waals surface area contributed by atoms with Crippen molar-refractivity contribution in [2.45, 2.75) is 53.1 Å². The van der Waals surface area contributed by atoms with E-state index in [-0.39, 0.29) is 48.5 Å². The Hall–Kier alpha value is -2.14. The summed E-state index contributed by atoms with van der Waals surface area (Å²) in [6, 6.07) is 9.49. The number of nitrogens with zero attached hydrogens (tertiary/aromatic N) is 3. The molecule has 9 heteroatoms. The highest BCUT2D eigenvalue weighted by atomic mass is 127. The van der Waals surface area contributed by atoms with Crippen molar-refractivity contribution in [1.29, 1.82) is 0 Å². The minimum Gasteiger partial charge on any atom is -0.396 e. The van der Waals surface area contributed by atoms with E-state index in [4.69, 9.17) is 4.99 Å². The molecule has 0 bridgehead atoms. The van der Waals surface area contributed by atoms with Crippen molar-refractivity contribution in [2.24, 2.45) is 10.4 Å². The second kappa shape index (κ2) is 14.8. The summed E-state index contributed by atoms with van der Waals surface area (Å²) < 4.78 is 1.58. The van der Waals surface area contributed by atoms with Crippen LogP contribution in [-0.4, -0.2) is 46.5 Å². The average Bonchev–Trinajstić information content (AvgIpc) is 3.28. The first kappa shape index (κ1) is 27.9. The standard InChI is InChI=1S/C23H36N6O2.HI/c1-4-23(5-2,11-14-30)18-26-22(24-6-3)25-16-19-9-7-10-20(15-19)28-21(31)17-29-13-8-12-27-29;/h7-10,12-13,15,30H,4-6,11,14,16-18H2,1-3H3,(H,28,31)(H2,24,25,26);1H. The van der Waals surface area contributed by atoms with E-state index < -0.39 is 0 Å². The predicted octanol–water partition coefficient (Wildman–Crippen LogP) is 3.38. The number of amides is 1. The van der Waals surface area contributed by atoms with Crippen LogP contribution in [0.2, 0.25) is 0 Å². The molecule has 0 atom stereocenters. The van der Waals surface area contributed by atoms with Crippen LogP contribution < -0.4 is 16.0 Å². The smallest absolute Gasteiger partial charge is 0.246 e. The highest BCUT2D eigenvalue weighted by Crippen LogP contribution is 2.29. The summed E-state index contributed by atoms with van der Waals surface area (Å²) in [5, 5.41) is 23.1. The van der Waals surface area contributed by atoms with Gasteiger partial charge in [0.15, 0.2) is 5.96 Å². The highest BCUT2D eigenvalue weighted by Gasteiger charge is 2.25. The molecule has 0 fully saturated rings. The van der Waals surface area contributed by atoms with Gasteiger partial charge in [0, 0.05) is 37.8 Å². The molecule has 1 aromatic heterocycles. The van der Waals surface area contributed by atoms with Crippen molar-refractivity contribution < 1.29 is 9.90 Å². The number of halogens is 1. The number of guanidine groups is 1. The Balaban J connectivity index is 0.00000512. The summed E-state index contributed by atoms with van der Waals surface area (Å²) in [5.41, 5.74) is 1.80. The Morgan fingerprint density at radius 3 is 2.59 bits per heavy atom. The van der Waals surface area contributed by atoms with Gasteiger partial charge in [0.2, 0.25) is 5.91 Å². The number of nitrogens with one attached hydrogen (secondary N) is 3. The van der Waals surface area contributed by atoms with Crippen LogP contribution >= 0.6 is 24.0 Å². The number of aromatic nitrogens is 2. The van der Waals surface area contributed by atoms with Gasteiger partial charge in [-0.1, -0.05) is 26.0 Å². The molecule has 0 saturated carbocycles. The van der Waals surface area contributed by atoms with E-state index in [1.54, 1.807) is 23.1 Å². The molecule has 1 aromatic carbocycles. The van der Waals surface area contributed by atoms with Gasteiger partial charge >= 0.3 is 0 Å². The van der Waals surface area contributed by atoms with Crippen LogP contribution in [0.15, 0.2) is 47.7 Å². The lowest BCUT2D eigenvalue weighted by molar-refractivity contribution is -0.116. The van der Waals surface area contributed by atoms with Crippen LogP contribution in [0.4, 0.5) is 5.69 Å². The zero-order valence-electron chi connectivity index (χ0n) is 19.3. The van der Waals surface area contributed by atoms with Crippen LogP contribution in [0.5, 0.6) is 0 Å². The number of carbonyl (C=O) groups is 1. The maximum atomic E-state index is 12.2. The van der Waals surface area contributed by atoms with Gasteiger partial charge in [-0.15, -0.1) is 24.0 Å². The molecule has 32 heavy (non-hydrogen) atoms. The van der Waals surface area contributed by atoms with Crippen molar-refractivity contribution in [3.05, 3.63) is 48.3 Å². The highest BCUT2D eigenvalue weighted by molar-refractivity contribution is 14.0. The van der Waals surface area contributed by atoms with E-state index in [1.807, 2.05) is 31.2 Å². The van der Waals surface area contributed by atoms with Crippen LogP contribution in [0.1, 0.15) is 45.6 Å². The molecule has 0 saturated heterocycles. The molecule has 0 aliphatic carbocycles. The minimum absolute atomic E-state index is 0. The summed E-state index contributed by atoms with van der Waals surface area (Å²) >= 11 is 0. The van der Waals surface area contributed by atoms with Crippen molar-refractivity contribution in [2.75, 3.05) is 25.0 Å². The fourth-order valence-corrected chi connectivity index (χ4v) is 3.45. The predicted molar refractivity (Wildman–Crippen MR) is 140 cm³/mol. The van der Waals surface area contributed by atoms with Crippen molar-refractivity contribution >= 4 is 41.5 Å².